The van der Waals surface area contributed by atoms with Gasteiger partial charge in [0, 0.05) is 35.0 Å². The second-order valence-electron chi connectivity index (χ2n) is 4.45. The molecule has 0 N–H and O–H groups in total. The summed E-state index contributed by atoms with van der Waals surface area (Å²) in [4.78, 5) is 11.7. The molecule has 0 aliphatic carbocycles. The van der Waals surface area contributed by atoms with Gasteiger partial charge in [0.25, 0.3) is 0 Å². The van der Waals surface area contributed by atoms with Crippen molar-refractivity contribution in [3.05, 3.63) is 58.6 Å². The van der Waals surface area contributed by atoms with Gasteiger partial charge in [0.15, 0.2) is 5.78 Å². The number of ketones is 1. The van der Waals surface area contributed by atoms with E-state index in [-0.39, 0.29) is 11.6 Å². The van der Waals surface area contributed by atoms with Gasteiger partial charge in [-0.05, 0) is 24.6 Å². The van der Waals surface area contributed by atoms with E-state index >= 15 is 0 Å². The topological polar surface area (TPSA) is 22.0 Å². The number of carbonyl (C=O) groups is 1. The van der Waals surface area contributed by atoms with Crippen LogP contribution in [0.25, 0.3) is 0 Å². The molecular weight excluding hydrogens is 265 g/mol. The normalized spacial score (nSPS) is 10.7. The summed E-state index contributed by atoms with van der Waals surface area (Å²) in [6, 6.07) is 6.38. The maximum atomic E-state index is 13.7. The molecule has 0 fully saturated rings. The Hall–Kier alpha value is -1.61. The fraction of sp³-hybridized carbons (Fsp3) is 0.267. The fourth-order valence-corrected chi connectivity index (χ4v) is 2.16. The Balaban J connectivity index is 2.18. The number of benzene rings is 1. The lowest BCUT2D eigenvalue weighted by molar-refractivity contribution is 0.0981. The van der Waals surface area contributed by atoms with Crippen molar-refractivity contribution >= 4 is 17.4 Å². The van der Waals surface area contributed by atoms with Gasteiger partial charge in [0.2, 0.25) is 0 Å². The summed E-state index contributed by atoms with van der Waals surface area (Å²) in [5.74, 6) is -0.219. The fourth-order valence-electron chi connectivity index (χ4n) is 1.94. The van der Waals surface area contributed by atoms with E-state index in [4.69, 9.17) is 11.6 Å². The molecular formula is C15H15ClFNO. The summed E-state index contributed by atoms with van der Waals surface area (Å²) in [5.41, 5.74) is 1.10. The van der Waals surface area contributed by atoms with Gasteiger partial charge in [-0.2, -0.15) is 0 Å². The molecule has 0 aliphatic rings. The van der Waals surface area contributed by atoms with Crippen LogP contribution in [-0.4, -0.2) is 10.4 Å². The summed E-state index contributed by atoms with van der Waals surface area (Å²) in [6.45, 7) is 2.29. The van der Waals surface area contributed by atoms with E-state index in [0.29, 0.717) is 29.1 Å². The molecule has 0 unspecified atom stereocenters. The van der Waals surface area contributed by atoms with Gasteiger partial charge < -0.3 is 4.57 Å². The molecule has 0 atom stereocenters. The van der Waals surface area contributed by atoms with E-state index in [0.717, 1.165) is 6.42 Å². The largest absolute Gasteiger partial charge is 0.349 e. The van der Waals surface area contributed by atoms with Crippen molar-refractivity contribution in [2.45, 2.75) is 26.3 Å². The smallest absolute Gasteiger partial charge is 0.164 e. The lowest BCUT2D eigenvalue weighted by Crippen LogP contribution is -2.01. The van der Waals surface area contributed by atoms with Gasteiger partial charge in [-0.1, -0.05) is 24.6 Å². The average molecular weight is 280 g/mol. The first-order chi connectivity index (χ1) is 9.11. The molecule has 1 aromatic carbocycles. The molecule has 2 nitrogen and oxygen atoms in total. The van der Waals surface area contributed by atoms with Gasteiger partial charge >= 0.3 is 0 Å². The first-order valence-corrected chi connectivity index (χ1v) is 6.61. The molecule has 0 aliphatic heterocycles. The molecule has 2 aromatic rings. The lowest BCUT2D eigenvalue weighted by Gasteiger charge is -2.06. The van der Waals surface area contributed by atoms with Gasteiger partial charge in [-0.15, -0.1) is 0 Å². The number of halogens is 2. The highest BCUT2D eigenvalue weighted by Crippen LogP contribution is 2.20. The minimum absolute atomic E-state index is 0.112. The van der Waals surface area contributed by atoms with Crippen LogP contribution in [0.5, 0.6) is 0 Å². The molecule has 1 heterocycles. The highest BCUT2D eigenvalue weighted by Gasteiger charge is 2.10. The Morgan fingerprint density at radius 2 is 2.16 bits per heavy atom. The van der Waals surface area contributed by atoms with E-state index in [1.54, 1.807) is 35.2 Å². The molecule has 0 radical (unpaired) electrons. The summed E-state index contributed by atoms with van der Waals surface area (Å²) in [7, 11) is 0. The van der Waals surface area contributed by atoms with Crippen LogP contribution in [0.15, 0.2) is 36.7 Å². The molecule has 2 rings (SSSR count). The Kier molecular flexibility index (Phi) is 4.38. The second kappa shape index (κ2) is 6.02. The van der Waals surface area contributed by atoms with Crippen LogP contribution in [0, 0.1) is 5.82 Å². The van der Waals surface area contributed by atoms with E-state index in [1.165, 1.54) is 6.07 Å². The third kappa shape index (κ3) is 3.24. The Labute approximate surface area is 116 Å². The summed E-state index contributed by atoms with van der Waals surface area (Å²) < 4.78 is 15.4. The van der Waals surface area contributed by atoms with Crippen LogP contribution in [0.4, 0.5) is 4.39 Å². The first kappa shape index (κ1) is 13.8. The second-order valence-corrected chi connectivity index (χ2v) is 4.85. The molecule has 0 saturated carbocycles. The Morgan fingerprint density at radius 3 is 2.84 bits per heavy atom. The van der Waals surface area contributed by atoms with Crippen molar-refractivity contribution < 1.29 is 9.18 Å². The van der Waals surface area contributed by atoms with Crippen molar-refractivity contribution in [3.8, 4) is 0 Å². The number of Topliss-reactive ketones (excluding diaryl/α,β-unsaturated/α-hetero) is 1. The number of rotatable bonds is 5. The van der Waals surface area contributed by atoms with E-state index in [1.807, 2.05) is 6.92 Å². The van der Waals surface area contributed by atoms with E-state index < -0.39 is 0 Å². The maximum Gasteiger partial charge on any atom is 0.164 e. The van der Waals surface area contributed by atoms with Gasteiger partial charge in [-0.25, -0.2) is 4.39 Å². The summed E-state index contributed by atoms with van der Waals surface area (Å²) >= 11 is 5.98. The molecule has 0 amide bonds. The average Bonchev–Trinajstić information content (AvgIpc) is 2.83. The molecule has 0 spiro atoms. The zero-order valence-corrected chi connectivity index (χ0v) is 11.5. The maximum absolute atomic E-state index is 13.7. The van der Waals surface area contributed by atoms with Gasteiger partial charge in [0.1, 0.15) is 5.82 Å². The van der Waals surface area contributed by atoms with Crippen LogP contribution >= 0.6 is 11.6 Å². The molecule has 4 heteroatoms. The number of nitrogens with zero attached hydrogens (tertiary/aromatic N) is 1. The van der Waals surface area contributed by atoms with Crippen molar-refractivity contribution in [2.75, 3.05) is 0 Å². The Morgan fingerprint density at radius 1 is 1.37 bits per heavy atom. The molecule has 0 saturated heterocycles. The number of aromatic nitrogens is 1. The number of hydrogen-bond donors (Lipinski definition) is 0. The SMILES string of the molecule is CCCC(=O)c1ccn(Cc2c(F)cccc2Cl)c1. The minimum atomic E-state index is -0.331. The predicted octanol–water partition coefficient (Wildman–Crippen LogP) is 4.31. The molecule has 0 bridgehead atoms. The van der Waals surface area contributed by atoms with Crippen molar-refractivity contribution in [3.63, 3.8) is 0 Å². The minimum Gasteiger partial charge on any atom is -0.349 e. The quantitative estimate of drug-likeness (QED) is 0.748. The molecule has 1 aromatic heterocycles. The third-order valence-electron chi connectivity index (χ3n) is 2.95. The lowest BCUT2D eigenvalue weighted by atomic mass is 10.1. The third-order valence-corrected chi connectivity index (χ3v) is 3.31. The highest BCUT2D eigenvalue weighted by molar-refractivity contribution is 6.31. The van der Waals surface area contributed by atoms with Crippen molar-refractivity contribution in [1.29, 1.82) is 0 Å². The summed E-state index contributed by atoms with van der Waals surface area (Å²) in [5, 5.41) is 0.398. The van der Waals surface area contributed by atoms with E-state index in [2.05, 4.69) is 0 Å². The Bertz CT molecular complexity index is 571. The standard InChI is InChI=1S/C15H15ClFNO/c1-2-4-15(19)11-7-8-18(9-11)10-12-13(16)5-3-6-14(12)17/h3,5-9H,2,4,10H2,1H3. The summed E-state index contributed by atoms with van der Waals surface area (Å²) in [6.07, 6.45) is 4.86. The predicted molar refractivity (Wildman–Crippen MR) is 74.2 cm³/mol. The van der Waals surface area contributed by atoms with Crippen LogP contribution in [0.3, 0.4) is 0 Å². The van der Waals surface area contributed by atoms with Crippen molar-refractivity contribution in [2.24, 2.45) is 0 Å². The highest BCUT2D eigenvalue weighted by atomic mass is 35.5. The monoisotopic (exact) mass is 279 g/mol. The number of hydrogen-bond acceptors (Lipinski definition) is 1. The van der Waals surface area contributed by atoms with Crippen molar-refractivity contribution in [1.82, 2.24) is 4.57 Å². The van der Waals surface area contributed by atoms with E-state index in [9.17, 15) is 9.18 Å². The zero-order valence-electron chi connectivity index (χ0n) is 10.7. The number of carbonyl (C=O) groups excluding carboxylic acids is 1. The van der Waals surface area contributed by atoms with Gasteiger partial charge in [0.05, 0.1) is 6.54 Å². The van der Waals surface area contributed by atoms with Crippen LogP contribution in [0.1, 0.15) is 35.7 Å². The van der Waals surface area contributed by atoms with Gasteiger partial charge in [-0.3, -0.25) is 4.79 Å². The molecule has 19 heavy (non-hydrogen) atoms. The molecule has 100 valence electrons. The first-order valence-electron chi connectivity index (χ1n) is 6.23. The van der Waals surface area contributed by atoms with Crippen LogP contribution < -0.4 is 0 Å². The zero-order chi connectivity index (χ0) is 13.8. The van der Waals surface area contributed by atoms with Crippen LogP contribution in [-0.2, 0) is 6.54 Å². The van der Waals surface area contributed by atoms with Crippen LogP contribution in [0.2, 0.25) is 5.02 Å².